The molecule has 0 heterocycles. The topological polar surface area (TPSA) is 55.6 Å². The summed E-state index contributed by atoms with van der Waals surface area (Å²) in [5, 5.41) is -0.209. The second kappa shape index (κ2) is 12.2. The van der Waals surface area contributed by atoms with Crippen LogP contribution in [0.25, 0.3) is 0 Å². The molecule has 0 aromatic carbocycles. The molecule has 0 radical (unpaired) electrons. The summed E-state index contributed by atoms with van der Waals surface area (Å²) in [5.74, 6) is 0. The molecule has 0 atom stereocenters. The van der Waals surface area contributed by atoms with E-state index in [9.17, 15) is 8.78 Å². The van der Waals surface area contributed by atoms with E-state index >= 15 is 0 Å². The number of halogens is 2. The van der Waals surface area contributed by atoms with E-state index in [0.717, 1.165) is 6.42 Å². The molecule has 0 aromatic rings. The van der Waals surface area contributed by atoms with E-state index < -0.39 is 11.3 Å². The van der Waals surface area contributed by atoms with Gasteiger partial charge in [0.15, 0.2) is 0 Å². The third kappa shape index (κ3) is 17.1. The van der Waals surface area contributed by atoms with Gasteiger partial charge in [-0.15, -0.1) is 0 Å². The van der Waals surface area contributed by atoms with E-state index in [4.69, 9.17) is 21.7 Å². The van der Waals surface area contributed by atoms with Crippen LogP contribution in [0.3, 0.4) is 0 Å². The van der Waals surface area contributed by atoms with Crippen molar-refractivity contribution in [3.8, 4) is 0 Å². The first-order chi connectivity index (χ1) is 8.68. The first kappa shape index (κ1) is 20.4. The molecule has 19 heavy (non-hydrogen) atoms. The third-order valence-corrected chi connectivity index (χ3v) is 2.34. The molecule has 0 unspecified atom stereocenters. The Kier molecular flexibility index (Phi) is 13.1. The molecule has 0 rings (SSSR count). The summed E-state index contributed by atoms with van der Waals surface area (Å²) >= 11 is 8.00. The highest BCUT2D eigenvalue weighted by molar-refractivity contribution is 7.96. The van der Waals surface area contributed by atoms with Crippen molar-refractivity contribution in [3.05, 3.63) is 11.7 Å². The van der Waals surface area contributed by atoms with E-state index in [-0.39, 0.29) is 5.57 Å². The minimum absolute atomic E-state index is 0.158. The summed E-state index contributed by atoms with van der Waals surface area (Å²) in [6, 6.07) is 0. The highest BCUT2D eigenvalue weighted by Crippen LogP contribution is 2.13. The van der Waals surface area contributed by atoms with Crippen LogP contribution in [0.5, 0.6) is 0 Å². The highest BCUT2D eigenvalue weighted by Gasteiger charge is 2.01. The van der Waals surface area contributed by atoms with Crippen LogP contribution in [0.4, 0.5) is 13.6 Å². The Morgan fingerprint density at radius 3 is 2.21 bits per heavy atom. The smallest absolute Gasteiger partial charge is 0.273 e. The number of carbonyl (C=O) groups excluding carboxylic acids is 1. The molecular formula is C11H20F2N2O2S2. The number of carbonyl (C=O) groups is 1. The monoisotopic (exact) mass is 314 g/mol. The van der Waals surface area contributed by atoms with Crippen LogP contribution in [0.1, 0.15) is 26.2 Å². The molecule has 112 valence electrons. The second-order valence-electron chi connectivity index (χ2n) is 3.84. The Morgan fingerprint density at radius 2 is 1.84 bits per heavy atom. The summed E-state index contributed by atoms with van der Waals surface area (Å²) in [4.78, 5) is 10.8. The Labute approximate surface area is 123 Å². The van der Waals surface area contributed by atoms with Gasteiger partial charge >= 0.3 is 0 Å². The van der Waals surface area contributed by atoms with Crippen LogP contribution >= 0.6 is 24.8 Å². The van der Waals surface area contributed by atoms with Gasteiger partial charge in [-0.1, -0.05) is 12.6 Å². The van der Waals surface area contributed by atoms with Crippen LogP contribution in [0.2, 0.25) is 0 Å². The second-order valence-corrected chi connectivity index (χ2v) is 4.63. The van der Waals surface area contributed by atoms with Gasteiger partial charge in [-0.25, -0.2) is 0 Å². The van der Waals surface area contributed by atoms with Gasteiger partial charge in [-0.05, 0) is 44.0 Å². The largest absolute Gasteiger partial charge is 0.471 e. The van der Waals surface area contributed by atoms with E-state index in [2.05, 4.69) is 18.4 Å². The predicted octanol–water partition coefficient (Wildman–Crippen LogP) is 3.19. The van der Waals surface area contributed by atoms with Crippen LogP contribution in [0, 0.1) is 0 Å². The van der Waals surface area contributed by atoms with Crippen LogP contribution in [0.15, 0.2) is 11.7 Å². The van der Waals surface area contributed by atoms with Crippen molar-refractivity contribution >= 4 is 35.3 Å². The molecule has 0 fully saturated rings. The summed E-state index contributed by atoms with van der Waals surface area (Å²) in [7, 11) is 3.60. The Balaban J connectivity index is 0. The molecule has 0 aromatic heterocycles. The number of allylic oxidation sites excluding steroid dienone is 1. The molecule has 0 saturated carbocycles. The fourth-order valence-electron chi connectivity index (χ4n) is 0.875. The fourth-order valence-corrected chi connectivity index (χ4v) is 0.959. The van der Waals surface area contributed by atoms with Gasteiger partial charge < -0.3 is 15.4 Å². The maximum Gasteiger partial charge on any atom is 0.273 e. The van der Waals surface area contributed by atoms with Gasteiger partial charge in [0.2, 0.25) is 0 Å². The number of thiocarbonyl (C=S) groups is 1. The van der Waals surface area contributed by atoms with E-state index in [0.29, 0.717) is 24.6 Å². The van der Waals surface area contributed by atoms with Crippen molar-refractivity contribution in [1.29, 1.82) is 0 Å². The predicted molar refractivity (Wildman–Crippen MR) is 79.6 cm³/mol. The van der Waals surface area contributed by atoms with Crippen molar-refractivity contribution in [1.82, 2.24) is 4.90 Å². The first-order valence-corrected chi connectivity index (χ1v) is 6.37. The van der Waals surface area contributed by atoms with E-state index in [1.165, 1.54) is 6.92 Å². The molecule has 4 nitrogen and oxygen atoms in total. The zero-order valence-corrected chi connectivity index (χ0v) is 13.0. The average Bonchev–Trinajstić information content (AvgIpc) is 2.26. The summed E-state index contributed by atoms with van der Waals surface area (Å²) in [6.07, 6.45) is 0.276. The number of primary amides is 1. The number of amides is 1. The molecule has 0 aliphatic rings. The molecule has 0 saturated heterocycles. The number of nitrogens with zero attached hydrogens (tertiary/aromatic N) is 1. The molecule has 8 heteroatoms. The summed E-state index contributed by atoms with van der Waals surface area (Å²) in [5.41, 5.74) is 4.49. The van der Waals surface area contributed by atoms with Gasteiger partial charge in [0.25, 0.3) is 16.5 Å². The van der Waals surface area contributed by atoms with Gasteiger partial charge in [-0.2, -0.15) is 8.78 Å². The number of unbranched alkanes of at least 4 members (excludes halogenated alkanes) is 1. The molecule has 0 bridgehead atoms. The average molecular weight is 314 g/mol. The normalized spacial score (nSPS) is 8.95. The SMILES string of the molecule is CC(CCCCOC(=S)N(C)C)=C(F)F.NC(=O)S. The zero-order chi connectivity index (χ0) is 15.4. The highest BCUT2D eigenvalue weighted by atomic mass is 32.1. The standard InChI is InChI=1S/C10H17F2NOS.CH3NOS/c1-8(9(11)12)6-4-5-7-14-10(15)13(2)3;2-1(3)4/h4-7H2,1-3H3;(H3,2,3,4). The van der Waals surface area contributed by atoms with E-state index in [1.54, 1.807) is 19.0 Å². The van der Waals surface area contributed by atoms with Crippen LogP contribution in [-0.4, -0.2) is 36.0 Å². The lowest BCUT2D eigenvalue weighted by Crippen LogP contribution is -2.22. The molecule has 0 aliphatic carbocycles. The van der Waals surface area contributed by atoms with Gasteiger partial charge in [-0.3, -0.25) is 4.79 Å². The lowest BCUT2D eigenvalue weighted by molar-refractivity contribution is 0.261. The van der Waals surface area contributed by atoms with Crippen LogP contribution in [-0.2, 0) is 4.74 Å². The number of rotatable bonds is 5. The van der Waals surface area contributed by atoms with Crippen molar-refractivity contribution in [2.45, 2.75) is 26.2 Å². The molecule has 0 spiro atoms. The maximum atomic E-state index is 12.0. The maximum absolute atomic E-state index is 12.0. The molecule has 1 amide bonds. The summed E-state index contributed by atoms with van der Waals surface area (Å²) in [6.45, 7) is 1.93. The van der Waals surface area contributed by atoms with Crippen molar-refractivity contribution in [3.63, 3.8) is 0 Å². The molecule has 2 N–H and O–H groups in total. The quantitative estimate of drug-likeness (QED) is 0.465. The number of hydrogen-bond donors (Lipinski definition) is 2. The molecular weight excluding hydrogens is 294 g/mol. The van der Waals surface area contributed by atoms with Crippen LogP contribution < -0.4 is 5.73 Å². The Hall–Kier alpha value is -0.890. The van der Waals surface area contributed by atoms with Crippen molar-refractivity contribution in [2.24, 2.45) is 5.73 Å². The fraction of sp³-hybridized carbons (Fsp3) is 0.636. The number of ether oxygens (including phenoxy) is 1. The van der Waals surface area contributed by atoms with Crippen molar-refractivity contribution < 1.29 is 18.3 Å². The number of hydrogen-bond acceptors (Lipinski definition) is 3. The first-order valence-electron chi connectivity index (χ1n) is 5.51. The van der Waals surface area contributed by atoms with Gasteiger partial charge in [0, 0.05) is 14.1 Å². The minimum Gasteiger partial charge on any atom is -0.471 e. The number of nitrogens with two attached hydrogens (primary N) is 1. The Bertz CT molecular complexity index is 316. The van der Waals surface area contributed by atoms with Crippen molar-refractivity contribution in [2.75, 3.05) is 20.7 Å². The van der Waals surface area contributed by atoms with Gasteiger partial charge in [0.05, 0.1) is 6.61 Å². The van der Waals surface area contributed by atoms with Gasteiger partial charge in [0.1, 0.15) is 0 Å². The molecule has 0 aliphatic heterocycles. The Morgan fingerprint density at radius 1 is 1.37 bits per heavy atom. The lowest BCUT2D eigenvalue weighted by Gasteiger charge is -2.14. The number of thiol groups is 1. The lowest BCUT2D eigenvalue weighted by atomic mass is 10.1. The minimum atomic E-state index is -1.57. The third-order valence-electron chi connectivity index (χ3n) is 1.86. The summed E-state index contributed by atoms with van der Waals surface area (Å²) < 4.78 is 29.2. The zero-order valence-electron chi connectivity index (χ0n) is 11.3. The van der Waals surface area contributed by atoms with E-state index in [1.807, 2.05) is 0 Å².